The zero-order valence-corrected chi connectivity index (χ0v) is 15.5. The smallest absolute Gasteiger partial charge is 0.338 e. The Hall–Kier alpha value is -3.15. The number of allylic oxidation sites excluding steroid dienone is 1. The lowest BCUT2D eigenvalue weighted by molar-refractivity contribution is -0.139. The summed E-state index contributed by atoms with van der Waals surface area (Å²) >= 11 is 0. The molecule has 1 aliphatic heterocycles. The number of nitrogens with one attached hydrogen (secondary N) is 1. The summed E-state index contributed by atoms with van der Waals surface area (Å²) in [6, 6.07) is 13.9. The van der Waals surface area contributed by atoms with Crippen molar-refractivity contribution in [3.05, 3.63) is 65.6 Å². The molecule has 0 amide bonds. The molecular weight excluding hydrogens is 340 g/mol. The lowest BCUT2D eigenvalue weighted by Gasteiger charge is -2.30. The molecule has 0 saturated heterocycles. The first-order valence-electron chi connectivity index (χ1n) is 9.29. The van der Waals surface area contributed by atoms with Gasteiger partial charge >= 0.3 is 5.97 Å². The van der Waals surface area contributed by atoms with Crippen LogP contribution in [-0.2, 0) is 9.53 Å². The number of rotatable bonds is 5. The Bertz CT molecular complexity index is 1020. The van der Waals surface area contributed by atoms with Crippen molar-refractivity contribution in [3.8, 4) is 0 Å². The average Bonchev–Trinajstić information content (AvgIpc) is 3.15. The van der Waals surface area contributed by atoms with Crippen LogP contribution in [0.2, 0.25) is 0 Å². The zero-order chi connectivity index (χ0) is 18.8. The van der Waals surface area contributed by atoms with Crippen LogP contribution in [0.1, 0.15) is 38.3 Å². The Labute approximate surface area is 157 Å². The molecule has 6 nitrogen and oxygen atoms in total. The summed E-state index contributed by atoms with van der Waals surface area (Å²) in [5.41, 5.74) is 2.47. The van der Waals surface area contributed by atoms with Crippen molar-refractivity contribution in [3.63, 3.8) is 0 Å². The highest BCUT2D eigenvalue weighted by atomic mass is 16.5. The van der Waals surface area contributed by atoms with Crippen LogP contribution in [0.3, 0.4) is 0 Å². The maximum Gasteiger partial charge on any atom is 0.338 e. The lowest BCUT2D eigenvalue weighted by atomic mass is 9.90. The number of ether oxygens (including phenoxy) is 1. The molecule has 138 valence electrons. The number of fused-ring (bicyclic) bond motifs is 2. The predicted molar refractivity (Wildman–Crippen MR) is 104 cm³/mol. The summed E-state index contributed by atoms with van der Waals surface area (Å²) in [5.74, 6) is 0.331. The summed E-state index contributed by atoms with van der Waals surface area (Å²) in [7, 11) is 0. The quantitative estimate of drug-likeness (QED) is 0.693. The van der Waals surface area contributed by atoms with E-state index in [0.29, 0.717) is 18.1 Å². The van der Waals surface area contributed by atoms with Crippen molar-refractivity contribution >= 4 is 22.7 Å². The Balaban J connectivity index is 1.98. The second kappa shape index (κ2) is 7.23. The fourth-order valence-electron chi connectivity index (χ4n) is 3.69. The number of esters is 1. The van der Waals surface area contributed by atoms with E-state index in [1.807, 2.05) is 31.2 Å². The fourth-order valence-corrected chi connectivity index (χ4v) is 3.69. The summed E-state index contributed by atoms with van der Waals surface area (Å²) in [6.07, 6.45) is 3.15. The molecule has 1 aliphatic rings. The molecule has 1 aromatic heterocycles. The van der Waals surface area contributed by atoms with Crippen LogP contribution in [0, 0.1) is 0 Å². The van der Waals surface area contributed by atoms with E-state index in [1.54, 1.807) is 4.68 Å². The van der Waals surface area contributed by atoms with Gasteiger partial charge in [-0.3, -0.25) is 0 Å². The van der Waals surface area contributed by atoms with E-state index >= 15 is 0 Å². The van der Waals surface area contributed by atoms with Crippen molar-refractivity contribution < 1.29 is 9.53 Å². The number of benzene rings is 2. The monoisotopic (exact) mass is 362 g/mol. The van der Waals surface area contributed by atoms with Crippen LogP contribution in [-0.4, -0.2) is 27.3 Å². The first-order chi connectivity index (χ1) is 13.2. The molecule has 0 fully saturated rings. The molecule has 27 heavy (non-hydrogen) atoms. The highest BCUT2D eigenvalue weighted by Crippen LogP contribution is 2.39. The molecule has 2 heterocycles. The third kappa shape index (κ3) is 2.97. The van der Waals surface area contributed by atoms with Gasteiger partial charge in [0.2, 0.25) is 5.95 Å². The standard InChI is InChI=1S/C21H22N4O2/c1-3-8-17-18(20(26)27-4-2)19(25-21(24-17)22-13-23-25)16-12-7-10-14-9-5-6-11-15(14)16/h5-7,9-13,19H,3-4,8H2,1-2H3,(H,22,23,24). The third-order valence-corrected chi connectivity index (χ3v) is 4.79. The number of nitrogens with zero attached hydrogens (tertiary/aromatic N) is 3. The molecular formula is C21H22N4O2. The summed E-state index contributed by atoms with van der Waals surface area (Å²) in [6.45, 7) is 4.24. The number of anilines is 1. The number of hydrogen-bond acceptors (Lipinski definition) is 5. The Morgan fingerprint density at radius 3 is 2.81 bits per heavy atom. The maximum absolute atomic E-state index is 13.0. The van der Waals surface area contributed by atoms with Gasteiger partial charge in [0.1, 0.15) is 12.4 Å². The molecule has 1 unspecified atom stereocenters. The van der Waals surface area contributed by atoms with Crippen LogP contribution >= 0.6 is 0 Å². The summed E-state index contributed by atoms with van der Waals surface area (Å²) in [5, 5.41) is 9.90. The van der Waals surface area contributed by atoms with E-state index in [1.165, 1.54) is 6.33 Å². The SMILES string of the molecule is CCCC1=C(C(=O)OCC)C(c2cccc3ccccc23)n2ncnc2N1. The van der Waals surface area contributed by atoms with E-state index in [-0.39, 0.29) is 12.0 Å². The molecule has 1 atom stereocenters. The van der Waals surface area contributed by atoms with Crippen LogP contribution in [0.4, 0.5) is 5.95 Å². The molecule has 3 aromatic rings. The number of hydrogen-bond donors (Lipinski definition) is 1. The van der Waals surface area contributed by atoms with Crippen molar-refractivity contribution in [2.45, 2.75) is 32.7 Å². The molecule has 0 bridgehead atoms. The lowest BCUT2D eigenvalue weighted by Crippen LogP contribution is -2.30. The van der Waals surface area contributed by atoms with Crippen molar-refractivity contribution in [1.82, 2.24) is 14.8 Å². The largest absolute Gasteiger partial charge is 0.463 e. The summed E-state index contributed by atoms with van der Waals surface area (Å²) in [4.78, 5) is 17.3. The Kier molecular flexibility index (Phi) is 4.62. The molecule has 0 aliphatic carbocycles. The van der Waals surface area contributed by atoms with Gasteiger partial charge in [-0.05, 0) is 29.7 Å². The van der Waals surface area contributed by atoms with E-state index < -0.39 is 0 Å². The Morgan fingerprint density at radius 1 is 1.19 bits per heavy atom. The topological polar surface area (TPSA) is 69.0 Å². The van der Waals surface area contributed by atoms with Gasteiger partial charge in [0.25, 0.3) is 0 Å². The number of aromatic nitrogens is 3. The van der Waals surface area contributed by atoms with E-state index in [0.717, 1.165) is 34.9 Å². The van der Waals surface area contributed by atoms with Gasteiger partial charge in [-0.15, -0.1) is 0 Å². The van der Waals surface area contributed by atoms with E-state index in [2.05, 4.69) is 40.5 Å². The van der Waals surface area contributed by atoms with Gasteiger partial charge in [0.15, 0.2) is 0 Å². The number of carbonyl (C=O) groups is 1. The zero-order valence-electron chi connectivity index (χ0n) is 15.5. The molecule has 0 spiro atoms. The molecule has 1 N–H and O–H groups in total. The molecule has 2 aromatic carbocycles. The first-order valence-corrected chi connectivity index (χ1v) is 9.29. The highest BCUT2D eigenvalue weighted by Gasteiger charge is 2.35. The van der Waals surface area contributed by atoms with Crippen molar-refractivity contribution in [2.24, 2.45) is 0 Å². The minimum Gasteiger partial charge on any atom is -0.463 e. The van der Waals surface area contributed by atoms with Gasteiger partial charge in [-0.2, -0.15) is 10.1 Å². The minimum absolute atomic E-state index is 0.312. The van der Waals surface area contributed by atoms with Gasteiger partial charge in [0, 0.05) is 5.70 Å². The highest BCUT2D eigenvalue weighted by molar-refractivity contribution is 5.95. The predicted octanol–water partition coefficient (Wildman–Crippen LogP) is 4.06. The van der Waals surface area contributed by atoms with Crippen LogP contribution < -0.4 is 5.32 Å². The van der Waals surface area contributed by atoms with Crippen LogP contribution in [0.5, 0.6) is 0 Å². The maximum atomic E-state index is 13.0. The Morgan fingerprint density at radius 2 is 2.00 bits per heavy atom. The van der Waals surface area contributed by atoms with Crippen molar-refractivity contribution in [1.29, 1.82) is 0 Å². The number of carbonyl (C=O) groups excluding carboxylic acids is 1. The first kappa shape index (κ1) is 17.3. The fraction of sp³-hybridized carbons (Fsp3) is 0.286. The third-order valence-electron chi connectivity index (χ3n) is 4.79. The molecule has 6 heteroatoms. The second-order valence-corrected chi connectivity index (χ2v) is 6.49. The van der Waals surface area contributed by atoms with Crippen molar-refractivity contribution in [2.75, 3.05) is 11.9 Å². The van der Waals surface area contributed by atoms with Gasteiger partial charge in [-0.1, -0.05) is 55.8 Å². The van der Waals surface area contributed by atoms with E-state index in [9.17, 15) is 4.79 Å². The van der Waals surface area contributed by atoms with Gasteiger partial charge in [0.05, 0.1) is 12.2 Å². The summed E-state index contributed by atoms with van der Waals surface area (Å²) < 4.78 is 7.19. The minimum atomic E-state index is -0.379. The second-order valence-electron chi connectivity index (χ2n) is 6.49. The molecule has 0 radical (unpaired) electrons. The van der Waals surface area contributed by atoms with E-state index in [4.69, 9.17) is 4.74 Å². The average molecular weight is 362 g/mol. The van der Waals surface area contributed by atoms with Gasteiger partial charge < -0.3 is 10.1 Å². The molecule has 4 rings (SSSR count). The molecule has 0 saturated carbocycles. The van der Waals surface area contributed by atoms with Gasteiger partial charge in [-0.25, -0.2) is 9.48 Å². The normalized spacial score (nSPS) is 16.1. The van der Waals surface area contributed by atoms with Crippen LogP contribution in [0.25, 0.3) is 10.8 Å². The van der Waals surface area contributed by atoms with Crippen LogP contribution in [0.15, 0.2) is 60.1 Å².